The summed E-state index contributed by atoms with van der Waals surface area (Å²) in [7, 11) is 1.79. The van der Waals surface area contributed by atoms with E-state index in [0.29, 0.717) is 17.9 Å². The van der Waals surface area contributed by atoms with E-state index in [4.69, 9.17) is 0 Å². The number of H-pyrrole nitrogens is 1. The number of fused-ring (bicyclic) bond motifs is 2. The number of aryl methyl sites for hydroxylation is 1. The quantitative estimate of drug-likeness (QED) is 0.544. The van der Waals surface area contributed by atoms with Crippen LogP contribution in [0.5, 0.6) is 0 Å². The minimum Gasteiger partial charge on any atom is -0.361 e. The molecule has 0 spiro atoms. The molecule has 0 unspecified atom stereocenters. The lowest BCUT2D eigenvalue weighted by atomic mass is 10.1. The molecule has 152 valence electrons. The van der Waals surface area contributed by atoms with Crippen molar-refractivity contribution in [3.8, 4) is 5.69 Å². The van der Waals surface area contributed by atoms with Crippen LogP contribution in [0.15, 0.2) is 48.7 Å². The van der Waals surface area contributed by atoms with E-state index in [1.54, 1.807) is 22.7 Å². The van der Waals surface area contributed by atoms with Gasteiger partial charge in [0.05, 0.1) is 0 Å². The fourth-order valence-corrected chi connectivity index (χ4v) is 4.39. The highest BCUT2D eigenvalue weighted by atomic mass is 19.1. The van der Waals surface area contributed by atoms with Crippen molar-refractivity contribution in [2.45, 2.75) is 32.7 Å². The zero-order valence-electron chi connectivity index (χ0n) is 17.1. The molecule has 30 heavy (non-hydrogen) atoms. The summed E-state index contributed by atoms with van der Waals surface area (Å²) in [6, 6.07) is 13.2. The summed E-state index contributed by atoms with van der Waals surface area (Å²) in [6.07, 6.45) is 4.45. The third kappa shape index (κ3) is 3.00. The standard InChI is InChI=1S/C24H23FN4O/c1-15-9-10-22(19(25)13-15)29-21-8-4-6-18(21)23(27-29)24(30)28(2)14-16-5-3-7-20-17(16)11-12-26-20/h3,5,7,9-13,26H,4,6,8,14H2,1-2H3. The molecule has 6 heteroatoms. The number of aromatic nitrogens is 3. The van der Waals surface area contributed by atoms with Crippen molar-refractivity contribution in [2.75, 3.05) is 7.05 Å². The number of nitrogens with zero attached hydrogens (tertiary/aromatic N) is 3. The molecular weight excluding hydrogens is 379 g/mol. The zero-order valence-corrected chi connectivity index (χ0v) is 17.1. The highest BCUT2D eigenvalue weighted by Crippen LogP contribution is 2.30. The van der Waals surface area contributed by atoms with Crippen molar-refractivity contribution in [1.29, 1.82) is 0 Å². The van der Waals surface area contributed by atoms with Gasteiger partial charge in [-0.05, 0) is 61.6 Å². The van der Waals surface area contributed by atoms with Gasteiger partial charge in [0.1, 0.15) is 11.5 Å². The van der Waals surface area contributed by atoms with E-state index >= 15 is 0 Å². The first kappa shape index (κ1) is 18.6. The van der Waals surface area contributed by atoms with Crippen LogP contribution < -0.4 is 0 Å². The summed E-state index contributed by atoms with van der Waals surface area (Å²) < 4.78 is 16.2. The SMILES string of the molecule is Cc1ccc(-n2nc(C(=O)N(C)Cc3cccc4[nH]ccc34)c3c2CCC3)c(F)c1. The van der Waals surface area contributed by atoms with Crippen LogP contribution in [-0.2, 0) is 19.4 Å². The van der Waals surface area contributed by atoms with E-state index in [1.807, 2.05) is 43.5 Å². The van der Waals surface area contributed by atoms with Gasteiger partial charge in [-0.15, -0.1) is 0 Å². The lowest BCUT2D eigenvalue weighted by molar-refractivity contribution is 0.0778. The Morgan fingerprint density at radius 1 is 1.23 bits per heavy atom. The summed E-state index contributed by atoms with van der Waals surface area (Å²) in [5, 5.41) is 5.69. The molecule has 0 bridgehead atoms. The number of carbonyl (C=O) groups excluding carboxylic acids is 1. The summed E-state index contributed by atoms with van der Waals surface area (Å²) in [6.45, 7) is 2.34. The minimum absolute atomic E-state index is 0.132. The van der Waals surface area contributed by atoms with Crippen molar-refractivity contribution >= 4 is 16.8 Å². The molecule has 2 aromatic carbocycles. The number of aromatic amines is 1. The molecule has 0 saturated carbocycles. The number of hydrogen-bond acceptors (Lipinski definition) is 2. The predicted octanol–water partition coefficient (Wildman–Crippen LogP) is 4.56. The maximum absolute atomic E-state index is 14.6. The largest absolute Gasteiger partial charge is 0.361 e. The van der Waals surface area contributed by atoms with Crippen LogP contribution in [0.3, 0.4) is 0 Å². The topological polar surface area (TPSA) is 53.9 Å². The Bertz CT molecular complexity index is 1270. The van der Waals surface area contributed by atoms with E-state index < -0.39 is 0 Å². The number of nitrogens with one attached hydrogen (secondary N) is 1. The highest BCUT2D eigenvalue weighted by molar-refractivity contribution is 5.94. The van der Waals surface area contributed by atoms with Gasteiger partial charge in [-0.2, -0.15) is 5.10 Å². The van der Waals surface area contributed by atoms with Gasteiger partial charge in [0.2, 0.25) is 0 Å². The summed E-state index contributed by atoms with van der Waals surface area (Å²) in [5.41, 5.74) is 5.71. The molecule has 0 fully saturated rings. The monoisotopic (exact) mass is 402 g/mol. The molecule has 1 amide bonds. The smallest absolute Gasteiger partial charge is 0.274 e. The third-order valence-electron chi connectivity index (χ3n) is 5.90. The molecule has 0 saturated heterocycles. The molecule has 1 N–H and O–H groups in total. The second-order valence-corrected chi connectivity index (χ2v) is 8.01. The van der Waals surface area contributed by atoms with Crippen molar-refractivity contribution < 1.29 is 9.18 Å². The average molecular weight is 402 g/mol. The number of benzene rings is 2. The van der Waals surface area contributed by atoms with Crippen molar-refractivity contribution in [3.05, 3.63) is 82.6 Å². The van der Waals surface area contributed by atoms with Gasteiger partial charge in [0, 0.05) is 41.9 Å². The maximum Gasteiger partial charge on any atom is 0.274 e. The second kappa shape index (κ2) is 7.13. The lowest BCUT2D eigenvalue weighted by Crippen LogP contribution is -2.27. The molecule has 5 nitrogen and oxygen atoms in total. The third-order valence-corrected chi connectivity index (χ3v) is 5.90. The fraction of sp³-hybridized carbons (Fsp3) is 0.250. The predicted molar refractivity (Wildman–Crippen MR) is 114 cm³/mol. The Labute approximate surface area is 174 Å². The number of amides is 1. The first-order chi connectivity index (χ1) is 14.5. The average Bonchev–Trinajstić information content (AvgIpc) is 3.44. The molecule has 2 aromatic heterocycles. The highest BCUT2D eigenvalue weighted by Gasteiger charge is 2.29. The fourth-order valence-electron chi connectivity index (χ4n) is 4.39. The number of rotatable bonds is 4. The Morgan fingerprint density at radius 2 is 2.10 bits per heavy atom. The normalized spacial score (nSPS) is 13.0. The Kier molecular flexibility index (Phi) is 4.42. The van der Waals surface area contributed by atoms with Gasteiger partial charge < -0.3 is 9.88 Å². The lowest BCUT2D eigenvalue weighted by Gasteiger charge is -2.17. The summed E-state index contributed by atoms with van der Waals surface area (Å²) in [5.74, 6) is -0.453. The van der Waals surface area contributed by atoms with Gasteiger partial charge in [-0.3, -0.25) is 4.79 Å². The van der Waals surface area contributed by atoms with Crippen molar-refractivity contribution in [1.82, 2.24) is 19.7 Å². The molecule has 4 aromatic rings. The van der Waals surface area contributed by atoms with Crippen LogP contribution in [-0.4, -0.2) is 32.6 Å². The van der Waals surface area contributed by atoms with Crippen LogP contribution in [0.25, 0.3) is 16.6 Å². The maximum atomic E-state index is 14.6. The molecule has 1 aliphatic rings. The number of carbonyl (C=O) groups is 1. The van der Waals surface area contributed by atoms with E-state index in [0.717, 1.165) is 52.5 Å². The van der Waals surface area contributed by atoms with Gasteiger partial charge in [-0.1, -0.05) is 18.2 Å². The molecule has 0 atom stereocenters. The second-order valence-electron chi connectivity index (χ2n) is 8.01. The Hall–Kier alpha value is -3.41. The van der Waals surface area contributed by atoms with Gasteiger partial charge in [-0.25, -0.2) is 9.07 Å². The molecule has 0 radical (unpaired) electrons. The molecule has 5 rings (SSSR count). The van der Waals surface area contributed by atoms with Crippen LogP contribution in [0.4, 0.5) is 4.39 Å². The number of halogens is 1. The van der Waals surface area contributed by atoms with Gasteiger partial charge in [0.15, 0.2) is 5.69 Å². The first-order valence-electron chi connectivity index (χ1n) is 10.2. The van der Waals surface area contributed by atoms with E-state index in [9.17, 15) is 9.18 Å². The molecule has 2 heterocycles. The van der Waals surface area contributed by atoms with E-state index in [1.165, 1.54) is 6.07 Å². The minimum atomic E-state index is -0.321. The molecule has 1 aliphatic carbocycles. The van der Waals surface area contributed by atoms with Crippen LogP contribution in [0, 0.1) is 12.7 Å². The zero-order chi connectivity index (χ0) is 20.8. The Balaban J connectivity index is 1.49. The van der Waals surface area contributed by atoms with Crippen LogP contribution >= 0.6 is 0 Å². The Morgan fingerprint density at radius 3 is 2.93 bits per heavy atom. The van der Waals surface area contributed by atoms with E-state index in [2.05, 4.69) is 10.1 Å². The van der Waals surface area contributed by atoms with Gasteiger partial charge >= 0.3 is 0 Å². The first-order valence-corrected chi connectivity index (χ1v) is 10.2. The molecule has 0 aliphatic heterocycles. The van der Waals surface area contributed by atoms with Crippen molar-refractivity contribution in [2.24, 2.45) is 0 Å². The van der Waals surface area contributed by atoms with Crippen molar-refractivity contribution in [3.63, 3.8) is 0 Å². The number of hydrogen-bond donors (Lipinski definition) is 1. The van der Waals surface area contributed by atoms with Crippen LogP contribution in [0.2, 0.25) is 0 Å². The van der Waals surface area contributed by atoms with Crippen LogP contribution in [0.1, 0.15) is 39.3 Å². The summed E-state index contributed by atoms with van der Waals surface area (Å²) >= 11 is 0. The van der Waals surface area contributed by atoms with Gasteiger partial charge in [0.25, 0.3) is 5.91 Å². The molecular formula is C24H23FN4O. The summed E-state index contributed by atoms with van der Waals surface area (Å²) in [4.78, 5) is 18.2. The van der Waals surface area contributed by atoms with E-state index in [-0.39, 0.29) is 11.7 Å².